The summed E-state index contributed by atoms with van der Waals surface area (Å²) in [6, 6.07) is 0. The highest BCUT2D eigenvalue weighted by Crippen LogP contribution is 2.88. The van der Waals surface area contributed by atoms with Gasteiger partial charge in [-0.2, -0.15) is 0 Å². The predicted molar refractivity (Wildman–Crippen MR) is 66.1 cm³/mol. The number of aliphatic carboxylic acids is 2. The first kappa shape index (κ1) is 13.4. The fourth-order valence-electron chi connectivity index (χ4n) is 5.21. The number of carboxylic acid groups (broad SMARTS) is 2. The maximum Gasteiger partial charge on any atom is 0.322 e. The molecule has 0 aliphatic heterocycles. The number of hydrogen-bond donors (Lipinski definition) is 2. The molecule has 2 aliphatic rings. The summed E-state index contributed by atoms with van der Waals surface area (Å²) in [6.07, 6.45) is 2.83. The van der Waals surface area contributed by atoms with Gasteiger partial charge < -0.3 is 10.2 Å². The van der Waals surface area contributed by atoms with E-state index >= 15 is 0 Å². The molecule has 18 heavy (non-hydrogen) atoms. The molecule has 4 nitrogen and oxygen atoms in total. The Morgan fingerprint density at radius 2 is 1.67 bits per heavy atom. The molecule has 0 saturated heterocycles. The van der Waals surface area contributed by atoms with Gasteiger partial charge in [-0.05, 0) is 18.3 Å². The van der Waals surface area contributed by atoms with E-state index in [9.17, 15) is 19.8 Å². The van der Waals surface area contributed by atoms with E-state index in [1.807, 2.05) is 20.8 Å². The molecule has 4 atom stereocenters. The van der Waals surface area contributed by atoms with Crippen molar-refractivity contribution in [1.82, 2.24) is 0 Å². The zero-order chi connectivity index (χ0) is 13.9. The monoisotopic (exact) mass is 254 g/mol. The molecule has 2 aliphatic carbocycles. The van der Waals surface area contributed by atoms with Gasteiger partial charge in [0.2, 0.25) is 0 Å². The van der Waals surface area contributed by atoms with Crippen molar-refractivity contribution in [3.8, 4) is 0 Å². The van der Waals surface area contributed by atoms with Gasteiger partial charge in [0.05, 0.1) is 0 Å². The molecule has 102 valence electrons. The highest BCUT2D eigenvalue weighted by Gasteiger charge is 2.95. The van der Waals surface area contributed by atoms with Crippen molar-refractivity contribution >= 4 is 11.9 Å². The molecule has 0 aromatic heterocycles. The van der Waals surface area contributed by atoms with Crippen LogP contribution in [0.3, 0.4) is 0 Å². The summed E-state index contributed by atoms with van der Waals surface area (Å²) in [4.78, 5) is 23.3. The Labute approximate surface area is 107 Å². The Bertz CT molecular complexity index is 402. The van der Waals surface area contributed by atoms with Gasteiger partial charge in [-0.1, -0.05) is 40.5 Å². The predicted octanol–water partition coefficient (Wildman–Crippen LogP) is 2.62. The first-order chi connectivity index (χ1) is 8.22. The van der Waals surface area contributed by atoms with Crippen LogP contribution in [0.4, 0.5) is 0 Å². The van der Waals surface area contributed by atoms with E-state index in [4.69, 9.17) is 0 Å². The Morgan fingerprint density at radius 3 is 2.00 bits per heavy atom. The molecular formula is C14H22O4. The van der Waals surface area contributed by atoms with E-state index < -0.39 is 28.2 Å². The lowest BCUT2D eigenvalue weighted by Crippen LogP contribution is -2.38. The van der Waals surface area contributed by atoms with E-state index in [0.717, 1.165) is 19.3 Å². The van der Waals surface area contributed by atoms with Crippen LogP contribution in [0.2, 0.25) is 0 Å². The molecule has 0 heterocycles. The topological polar surface area (TPSA) is 74.6 Å². The van der Waals surface area contributed by atoms with Crippen LogP contribution in [0.15, 0.2) is 0 Å². The van der Waals surface area contributed by atoms with Crippen molar-refractivity contribution in [3.63, 3.8) is 0 Å². The number of fused-ring (bicyclic) bond motifs is 1. The lowest BCUT2D eigenvalue weighted by Gasteiger charge is -2.26. The zero-order valence-corrected chi connectivity index (χ0v) is 11.5. The molecule has 0 amide bonds. The Balaban J connectivity index is 2.54. The molecule has 0 radical (unpaired) electrons. The van der Waals surface area contributed by atoms with Gasteiger partial charge in [0.25, 0.3) is 0 Å². The third kappa shape index (κ3) is 0.962. The van der Waals surface area contributed by atoms with Crippen LogP contribution in [0, 0.1) is 28.1 Å². The summed E-state index contributed by atoms with van der Waals surface area (Å²) in [7, 11) is 0. The van der Waals surface area contributed by atoms with Crippen LogP contribution in [0.1, 0.15) is 47.0 Å². The van der Waals surface area contributed by atoms with Gasteiger partial charge in [-0.15, -0.1) is 0 Å². The Hall–Kier alpha value is -1.06. The molecule has 0 spiro atoms. The number of rotatable bonds is 4. The molecule has 2 fully saturated rings. The van der Waals surface area contributed by atoms with Crippen molar-refractivity contribution in [1.29, 1.82) is 0 Å². The molecule has 0 aromatic carbocycles. The largest absolute Gasteiger partial charge is 0.480 e. The zero-order valence-electron chi connectivity index (χ0n) is 11.5. The first-order valence-electron chi connectivity index (χ1n) is 6.69. The minimum absolute atomic E-state index is 0.145. The van der Waals surface area contributed by atoms with Crippen LogP contribution < -0.4 is 0 Å². The maximum absolute atomic E-state index is 11.7. The summed E-state index contributed by atoms with van der Waals surface area (Å²) >= 11 is 0. The summed E-state index contributed by atoms with van der Waals surface area (Å²) in [5, 5.41) is 19.1. The SMILES string of the molecule is CCCC1CC(C)C2(C)C(C(=O)O)(C(=O)O)C12C. The highest BCUT2D eigenvalue weighted by atomic mass is 16.4. The standard InChI is InChI=1S/C14H22O4/c1-5-6-9-7-8(2)12(3)13(9,4)14(12,10(15)16)11(17)18/h8-9H,5-7H2,1-4H3,(H,15,16)(H,17,18). The molecule has 2 saturated carbocycles. The second-order valence-corrected chi connectivity index (χ2v) is 6.39. The molecular weight excluding hydrogens is 232 g/mol. The van der Waals surface area contributed by atoms with Crippen LogP contribution in [0.5, 0.6) is 0 Å². The lowest BCUT2D eigenvalue weighted by molar-refractivity contribution is -0.162. The van der Waals surface area contributed by atoms with Gasteiger partial charge >= 0.3 is 11.9 Å². The number of carbonyl (C=O) groups is 2. The van der Waals surface area contributed by atoms with Crippen molar-refractivity contribution < 1.29 is 19.8 Å². The van der Waals surface area contributed by atoms with Crippen LogP contribution in [-0.4, -0.2) is 22.2 Å². The van der Waals surface area contributed by atoms with Gasteiger partial charge in [-0.3, -0.25) is 9.59 Å². The summed E-state index contributed by atoms with van der Waals surface area (Å²) in [6.45, 7) is 7.80. The minimum Gasteiger partial charge on any atom is -0.480 e. The van der Waals surface area contributed by atoms with E-state index in [1.165, 1.54) is 0 Å². The minimum atomic E-state index is -1.59. The van der Waals surface area contributed by atoms with Gasteiger partial charge in [-0.25, -0.2) is 0 Å². The van der Waals surface area contributed by atoms with Crippen LogP contribution in [-0.2, 0) is 9.59 Å². The summed E-state index contributed by atoms with van der Waals surface area (Å²) in [5.74, 6) is -1.97. The van der Waals surface area contributed by atoms with Crippen molar-refractivity contribution in [2.75, 3.05) is 0 Å². The second-order valence-electron chi connectivity index (χ2n) is 6.39. The fourth-order valence-corrected chi connectivity index (χ4v) is 5.21. The van der Waals surface area contributed by atoms with E-state index in [0.29, 0.717) is 0 Å². The highest BCUT2D eigenvalue weighted by molar-refractivity contribution is 6.05. The fraction of sp³-hybridized carbons (Fsp3) is 0.857. The molecule has 4 heteroatoms. The normalized spacial score (nSPS) is 44.4. The number of carboxylic acids is 2. The van der Waals surface area contributed by atoms with Crippen molar-refractivity contribution in [2.24, 2.45) is 28.1 Å². The van der Waals surface area contributed by atoms with E-state index in [1.54, 1.807) is 0 Å². The third-order valence-corrected chi connectivity index (χ3v) is 6.29. The molecule has 2 rings (SSSR count). The lowest BCUT2D eigenvalue weighted by atomic mass is 9.76. The third-order valence-electron chi connectivity index (χ3n) is 6.29. The average Bonchev–Trinajstić information content (AvgIpc) is 2.65. The Morgan fingerprint density at radius 1 is 1.17 bits per heavy atom. The molecule has 4 unspecified atom stereocenters. The maximum atomic E-state index is 11.7. The molecule has 0 bridgehead atoms. The number of hydrogen-bond acceptors (Lipinski definition) is 2. The van der Waals surface area contributed by atoms with Crippen molar-refractivity contribution in [2.45, 2.75) is 47.0 Å². The quantitative estimate of drug-likeness (QED) is 0.756. The van der Waals surface area contributed by atoms with Crippen molar-refractivity contribution in [3.05, 3.63) is 0 Å². The molecule has 2 N–H and O–H groups in total. The Kier molecular flexibility index (Phi) is 2.59. The molecule has 0 aromatic rings. The van der Waals surface area contributed by atoms with E-state index in [2.05, 4.69) is 6.92 Å². The summed E-state index contributed by atoms with van der Waals surface area (Å²) in [5.41, 5.74) is -2.80. The van der Waals surface area contributed by atoms with E-state index in [-0.39, 0.29) is 11.8 Å². The first-order valence-corrected chi connectivity index (χ1v) is 6.69. The average molecular weight is 254 g/mol. The second kappa shape index (κ2) is 3.49. The summed E-state index contributed by atoms with van der Waals surface area (Å²) < 4.78 is 0. The van der Waals surface area contributed by atoms with Gasteiger partial charge in [0.1, 0.15) is 0 Å². The van der Waals surface area contributed by atoms with Gasteiger partial charge in [0.15, 0.2) is 5.41 Å². The van der Waals surface area contributed by atoms with Crippen LogP contribution in [0.25, 0.3) is 0 Å². The smallest absolute Gasteiger partial charge is 0.322 e. The van der Waals surface area contributed by atoms with Crippen LogP contribution >= 0.6 is 0 Å². The van der Waals surface area contributed by atoms with Gasteiger partial charge in [0, 0.05) is 10.8 Å².